The fourth-order valence-electron chi connectivity index (χ4n) is 3.39. The molecule has 0 atom stereocenters. The summed E-state index contributed by atoms with van der Waals surface area (Å²) < 4.78 is 2.36. The van der Waals surface area contributed by atoms with Crippen LogP contribution in [0.25, 0.3) is 11.4 Å². The molecule has 2 aliphatic rings. The molecular weight excluding hydrogens is 316 g/mol. The third-order valence-corrected chi connectivity index (χ3v) is 5.31. The molecule has 124 valence electrons. The number of hydrogen-bond acceptors (Lipinski definition) is 5. The highest BCUT2D eigenvalue weighted by atomic mass is 32.2. The number of nitrogens with one attached hydrogen (secondary N) is 2. The number of benzene rings is 2. The Morgan fingerprint density at radius 2 is 1.71 bits per heavy atom. The van der Waals surface area contributed by atoms with Gasteiger partial charge in [-0.15, -0.1) is 5.53 Å². The molecule has 0 spiro atoms. The van der Waals surface area contributed by atoms with Gasteiger partial charge in [-0.3, -0.25) is 5.01 Å². The van der Waals surface area contributed by atoms with E-state index in [1.54, 1.807) is 11.9 Å². The largest absolute Gasteiger partial charge is 0.311 e. The minimum atomic E-state index is 0.348. The van der Waals surface area contributed by atoms with Gasteiger partial charge in [0.15, 0.2) is 0 Å². The van der Waals surface area contributed by atoms with Crippen LogP contribution >= 0.6 is 11.9 Å². The lowest BCUT2D eigenvalue weighted by Crippen LogP contribution is -2.41. The molecule has 2 heterocycles. The second kappa shape index (κ2) is 6.07. The summed E-state index contributed by atoms with van der Waals surface area (Å²) in [5.41, 5.74) is 14.2. The van der Waals surface area contributed by atoms with Gasteiger partial charge in [0, 0.05) is 23.4 Å². The molecule has 5 heteroatoms. The summed E-state index contributed by atoms with van der Waals surface area (Å²) in [6, 6.07) is 17.7. The van der Waals surface area contributed by atoms with Gasteiger partial charge >= 0.3 is 0 Å². The molecule has 0 bridgehead atoms. The molecule has 24 heavy (non-hydrogen) atoms. The van der Waals surface area contributed by atoms with Gasteiger partial charge in [0.05, 0.1) is 23.6 Å². The van der Waals surface area contributed by atoms with E-state index < -0.39 is 0 Å². The second-order valence-corrected chi connectivity index (χ2v) is 7.12. The summed E-state index contributed by atoms with van der Waals surface area (Å²) in [6.45, 7) is 5.29. The maximum absolute atomic E-state index is 3.42. The van der Waals surface area contributed by atoms with Gasteiger partial charge in [-0.1, -0.05) is 54.4 Å². The van der Waals surface area contributed by atoms with E-state index >= 15 is 0 Å². The number of fused-ring (bicyclic) bond motifs is 4. The molecule has 0 aliphatic carbocycles. The first-order valence-electron chi connectivity index (χ1n) is 8.25. The van der Waals surface area contributed by atoms with Crippen LogP contribution in [-0.2, 0) is 6.54 Å². The van der Waals surface area contributed by atoms with E-state index in [1.807, 2.05) is 0 Å². The molecule has 2 aromatic carbocycles. The molecule has 2 aromatic rings. The maximum atomic E-state index is 3.42. The summed E-state index contributed by atoms with van der Waals surface area (Å²) in [5, 5.41) is 2.22. The summed E-state index contributed by atoms with van der Waals surface area (Å²) in [6.07, 6.45) is 2.14. The summed E-state index contributed by atoms with van der Waals surface area (Å²) in [5.74, 6) is 0. The average Bonchev–Trinajstić information content (AvgIpc) is 3.03. The number of para-hydroxylation sites is 1. The van der Waals surface area contributed by atoms with Gasteiger partial charge in [0.2, 0.25) is 0 Å². The Labute approximate surface area is 147 Å². The zero-order chi connectivity index (χ0) is 16.7. The lowest BCUT2D eigenvalue weighted by atomic mass is 9.97. The van der Waals surface area contributed by atoms with Crippen molar-refractivity contribution in [3.63, 3.8) is 0 Å². The van der Waals surface area contributed by atoms with Gasteiger partial charge in [-0.25, -0.2) is 0 Å². The number of hydrazine groups is 2. The Bertz CT molecular complexity index is 799. The number of rotatable bonds is 2. The maximum Gasteiger partial charge on any atom is 0.0868 e. The Hall–Kier alpha value is -2.11. The monoisotopic (exact) mass is 338 g/mol. The van der Waals surface area contributed by atoms with Crippen LogP contribution in [-0.4, -0.2) is 17.3 Å². The molecule has 0 unspecified atom stereocenters. The molecule has 0 saturated carbocycles. The molecular formula is C19H22N4S. The van der Waals surface area contributed by atoms with E-state index in [-0.39, 0.29) is 0 Å². The smallest absolute Gasteiger partial charge is 0.0868 e. The highest BCUT2D eigenvalue weighted by Crippen LogP contribution is 2.41. The van der Waals surface area contributed by atoms with Crippen molar-refractivity contribution in [1.82, 2.24) is 16.0 Å². The van der Waals surface area contributed by atoms with Gasteiger partial charge in [-0.05, 0) is 25.5 Å². The molecule has 4 nitrogen and oxygen atoms in total. The molecule has 0 saturated heterocycles. The zero-order valence-electron chi connectivity index (χ0n) is 14.2. The van der Waals surface area contributed by atoms with Crippen molar-refractivity contribution >= 4 is 29.0 Å². The Balaban J connectivity index is 2.02. The first kappa shape index (κ1) is 15.4. The Morgan fingerprint density at radius 3 is 2.46 bits per heavy atom. The molecule has 0 radical (unpaired) electrons. The Kier molecular flexibility index (Phi) is 3.90. The van der Waals surface area contributed by atoms with Crippen LogP contribution in [0.4, 0.5) is 5.69 Å². The van der Waals surface area contributed by atoms with Crippen molar-refractivity contribution in [1.29, 1.82) is 0 Å². The molecule has 0 aromatic heterocycles. The highest BCUT2D eigenvalue weighted by molar-refractivity contribution is 7.99. The van der Waals surface area contributed by atoms with E-state index in [9.17, 15) is 0 Å². The standard InChI is InChI=1S/C19H22N4S/c1-13(2)23-19-15-9-5-4-8-14(15)12-22(24-3)17-11-7-6-10-16(17)18(19)20-21-23/h4-11,13,20-21H,12H2,1-3H3. The van der Waals surface area contributed by atoms with Crippen molar-refractivity contribution in [3.8, 4) is 0 Å². The van der Waals surface area contributed by atoms with Gasteiger partial charge in [0.1, 0.15) is 0 Å². The fraction of sp³-hybridized carbons (Fsp3) is 0.263. The van der Waals surface area contributed by atoms with Crippen LogP contribution < -0.4 is 15.3 Å². The summed E-state index contributed by atoms with van der Waals surface area (Å²) in [7, 11) is 0. The van der Waals surface area contributed by atoms with Crippen molar-refractivity contribution in [2.75, 3.05) is 10.6 Å². The van der Waals surface area contributed by atoms with Crippen LogP contribution in [0.3, 0.4) is 0 Å². The van der Waals surface area contributed by atoms with Crippen molar-refractivity contribution < 1.29 is 0 Å². The molecule has 2 aliphatic heterocycles. The van der Waals surface area contributed by atoms with Crippen LogP contribution in [0.1, 0.15) is 30.5 Å². The zero-order valence-corrected chi connectivity index (χ0v) is 15.0. The predicted molar refractivity (Wildman–Crippen MR) is 103 cm³/mol. The normalized spacial score (nSPS) is 16.3. The van der Waals surface area contributed by atoms with E-state index in [1.165, 1.54) is 28.1 Å². The average molecular weight is 338 g/mol. The topological polar surface area (TPSA) is 30.5 Å². The molecule has 4 rings (SSSR count). The van der Waals surface area contributed by atoms with Crippen LogP contribution in [0.15, 0.2) is 48.5 Å². The van der Waals surface area contributed by atoms with E-state index in [0.717, 1.165) is 12.2 Å². The molecule has 2 N–H and O–H groups in total. The third-order valence-electron chi connectivity index (χ3n) is 4.54. The summed E-state index contributed by atoms with van der Waals surface area (Å²) >= 11 is 1.76. The second-order valence-electron chi connectivity index (χ2n) is 6.32. The Morgan fingerprint density at radius 1 is 1.00 bits per heavy atom. The fourth-order valence-corrected chi connectivity index (χ4v) is 4.02. The quantitative estimate of drug-likeness (QED) is 0.813. The molecule has 0 fully saturated rings. The van der Waals surface area contributed by atoms with Crippen molar-refractivity contribution in [2.45, 2.75) is 26.4 Å². The SMILES string of the molecule is CSN1Cc2ccccc2C2=C(NNN2C(C)C)c2ccccc21. The van der Waals surface area contributed by atoms with E-state index in [2.05, 4.69) is 88.9 Å². The van der Waals surface area contributed by atoms with Crippen molar-refractivity contribution in [2.24, 2.45) is 0 Å². The van der Waals surface area contributed by atoms with Gasteiger partial charge in [0.25, 0.3) is 0 Å². The van der Waals surface area contributed by atoms with Crippen molar-refractivity contribution in [3.05, 3.63) is 65.2 Å². The minimum absolute atomic E-state index is 0.348. The lowest BCUT2D eigenvalue weighted by molar-refractivity contribution is 0.237. The number of nitrogens with zero attached hydrogens (tertiary/aromatic N) is 2. The third kappa shape index (κ3) is 2.36. The number of hydrogen-bond donors (Lipinski definition) is 2. The first-order chi connectivity index (χ1) is 11.7. The van der Waals surface area contributed by atoms with E-state index in [0.29, 0.717) is 6.04 Å². The van der Waals surface area contributed by atoms with Gasteiger partial charge in [-0.2, -0.15) is 0 Å². The van der Waals surface area contributed by atoms with Crippen LogP contribution in [0, 0.1) is 0 Å². The first-order valence-corrected chi connectivity index (χ1v) is 9.43. The number of anilines is 1. The van der Waals surface area contributed by atoms with Crippen LogP contribution in [0.2, 0.25) is 0 Å². The highest BCUT2D eigenvalue weighted by Gasteiger charge is 2.31. The van der Waals surface area contributed by atoms with Gasteiger partial charge < -0.3 is 9.73 Å². The molecule has 0 amide bonds. The van der Waals surface area contributed by atoms with Crippen LogP contribution in [0.5, 0.6) is 0 Å². The summed E-state index contributed by atoms with van der Waals surface area (Å²) in [4.78, 5) is 0. The van der Waals surface area contributed by atoms with E-state index in [4.69, 9.17) is 0 Å². The minimum Gasteiger partial charge on any atom is -0.311 e. The predicted octanol–water partition coefficient (Wildman–Crippen LogP) is 3.84. The lowest BCUT2D eigenvalue weighted by Gasteiger charge is -2.30.